The smallest absolute Gasteiger partial charge is 0.341 e. The molecule has 1 aromatic carbocycles. The van der Waals surface area contributed by atoms with Crippen molar-refractivity contribution in [3.05, 3.63) is 45.8 Å². The molecule has 0 saturated heterocycles. The van der Waals surface area contributed by atoms with E-state index in [2.05, 4.69) is 5.32 Å². The van der Waals surface area contributed by atoms with Gasteiger partial charge in [-0.15, -0.1) is 11.3 Å². The number of carbonyl (C=O) groups excluding carboxylic acids is 3. The Morgan fingerprint density at radius 1 is 1.15 bits per heavy atom. The number of phenolic OH excluding ortho intramolecular Hbond substituents is 1. The zero-order valence-corrected chi connectivity index (χ0v) is 16.1. The maximum Gasteiger partial charge on any atom is 0.341 e. The predicted octanol–water partition coefficient (Wildman–Crippen LogP) is 3.30. The van der Waals surface area contributed by atoms with E-state index in [1.165, 1.54) is 35.6 Å². The van der Waals surface area contributed by atoms with Gasteiger partial charge in [-0.3, -0.25) is 4.79 Å². The molecule has 144 valence electrons. The van der Waals surface area contributed by atoms with E-state index >= 15 is 0 Å². The fraction of sp³-hybridized carbons (Fsp3) is 0.316. The van der Waals surface area contributed by atoms with E-state index in [0.29, 0.717) is 17.0 Å². The molecule has 0 unspecified atom stereocenters. The number of amides is 1. The number of carbonyl (C=O) groups is 3. The third-order valence-electron chi connectivity index (χ3n) is 3.72. The SMILES string of the molecule is CCOC(=O)c1c(NC(=O)COC(=O)c2cccc(O)c2)sc(CC)c1C. The Labute approximate surface area is 160 Å². The van der Waals surface area contributed by atoms with E-state index in [9.17, 15) is 19.5 Å². The minimum Gasteiger partial charge on any atom is -0.508 e. The van der Waals surface area contributed by atoms with Gasteiger partial charge in [-0.25, -0.2) is 9.59 Å². The number of ether oxygens (including phenoxy) is 2. The fourth-order valence-corrected chi connectivity index (χ4v) is 3.59. The number of aromatic hydroxyl groups is 1. The molecule has 0 spiro atoms. The summed E-state index contributed by atoms with van der Waals surface area (Å²) in [4.78, 5) is 37.3. The summed E-state index contributed by atoms with van der Waals surface area (Å²) in [6.07, 6.45) is 0.714. The highest BCUT2D eigenvalue weighted by atomic mass is 32.1. The number of esters is 2. The quantitative estimate of drug-likeness (QED) is 0.702. The topological polar surface area (TPSA) is 102 Å². The molecular formula is C19H21NO6S. The molecule has 0 radical (unpaired) electrons. The summed E-state index contributed by atoms with van der Waals surface area (Å²) in [6.45, 7) is 5.18. The molecule has 8 heteroatoms. The normalized spacial score (nSPS) is 10.3. The maximum atomic E-state index is 12.2. The first-order valence-corrected chi connectivity index (χ1v) is 9.24. The Morgan fingerprint density at radius 3 is 2.52 bits per heavy atom. The average molecular weight is 391 g/mol. The highest BCUT2D eigenvalue weighted by molar-refractivity contribution is 7.17. The van der Waals surface area contributed by atoms with Gasteiger partial charge in [-0.05, 0) is 44.0 Å². The Balaban J connectivity index is 2.07. The van der Waals surface area contributed by atoms with Crippen molar-refractivity contribution in [3.63, 3.8) is 0 Å². The maximum absolute atomic E-state index is 12.2. The van der Waals surface area contributed by atoms with Crippen LogP contribution in [0.1, 0.15) is 45.0 Å². The third kappa shape index (κ3) is 5.07. The monoisotopic (exact) mass is 391 g/mol. The standard InChI is InChI=1S/C19H21NO6S/c1-4-14-11(3)16(19(24)25-5-2)17(27-14)20-15(22)10-26-18(23)12-7-6-8-13(21)9-12/h6-9,21H,4-5,10H2,1-3H3,(H,20,22). The van der Waals surface area contributed by atoms with Crippen LogP contribution in [0.2, 0.25) is 0 Å². The van der Waals surface area contributed by atoms with Gasteiger partial charge < -0.3 is 19.9 Å². The lowest BCUT2D eigenvalue weighted by Crippen LogP contribution is -2.21. The Hall–Kier alpha value is -2.87. The summed E-state index contributed by atoms with van der Waals surface area (Å²) in [5, 5.41) is 12.4. The minimum absolute atomic E-state index is 0.0749. The van der Waals surface area contributed by atoms with Gasteiger partial charge in [0, 0.05) is 4.88 Å². The molecule has 0 aliphatic carbocycles. The number of anilines is 1. The molecule has 7 nitrogen and oxygen atoms in total. The molecule has 0 fully saturated rings. The lowest BCUT2D eigenvalue weighted by molar-refractivity contribution is -0.119. The number of nitrogens with one attached hydrogen (secondary N) is 1. The zero-order chi connectivity index (χ0) is 20.0. The van der Waals surface area contributed by atoms with Crippen molar-refractivity contribution in [2.45, 2.75) is 27.2 Å². The van der Waals surface area contributed by atoms with Gasteiger partial charge in [0.2, 0.25) is 0 Å². The van der Waals surface area contributed by atoms with Gasteiger partial charge in [0.1, 0.15) is 10.8 Å². The first-order chi connectivity index (χ1) is 12.9. The number of aryl methyl sites for hydroxylation is 1. The first-order valence-electron chi connectivity index (χ1n) is 8.42. The largest absolute Gasteiger partial charge is 0.508 e. The lowest BCUT2D eigenvalue weighted by Gasteiger charge is -2.08. The van der Waals surface area contributed by atoms with Crippen molar-refractivity contribution in [1.82, 2.24) is 0 Å². The zero-order valence-electron chi connectivity index (χ0n) is 15.3. The van der Waals surface area contributed by atoms with Crippen LogP contribution in [0.4, 0.5) is 5.00 Å². The molecule has 0 aliphatic rings. The van der Waals surface area contributed by atoms with Gasteiger partial charge in [0.05, 0.1) is 17.7 Å². The number of phenols is 1. The summed E-state index contributed by atoms with van der Waals surface area (Å²) in [5.41, 5.74) is 1.23. The molecule has 2 aromatic rings. The van der Waals surface area contributed by atoms with Crippen LogP contribution in [-0.2, 0) is 20.7 Å². The van der Waals surface area contributed by atoms with Gasteiger partial charge >= 0.3 is 11.9 Å². The highest BCUT2D eigenvalue weighted by Gasteiger charge is 2.23. The van der Waals surface area contributed by atoms with Crippen LogP contribution in [0.5, 0.6) is 5.75 Å². The van der Waals surface area contributed by atoms with Gasteiger partial charge in [0.15, 0.2) is 6.61 Å². The van der Waals surface area contributed by atoms with E-state index in [1.54, 1.807) is 13.8 Å². The van der Waals surface area contributed by atoms with E-state index in [-0.39, 0.29) is 17.9 Å². The third-order valence-corrected chi connectivity index (χ3v) is 5.07. The molecule has 0 saturated carbocycles. The van der Waals surface area contributed by atoms with E-state index in [0.717, 1.165) is 10.4 Å². The Morgan fingerprint density at radius 2 is 1.89 bits per heavy atom. The number of hydrogen-bond donors (Lipinski definition) is 2. The van der Waals surface area contributed by atoms with Crippen LogP contribution in [0.3, 0.4) is 0 Å². The molecule has 0 bridgehead atoms. The van der Waals surface area contributed by atoms with Crippen LogP contribution >= 0.6 is 11.3 Å². The lowest BCUT2D eigenvalue weighted by atomic mass is 10.1. The summed E-state index contributed by atoms with van der Waals surface area (Å²) < 4.78 is 10.0. The highest BCUT2D eigenvalue weighted by Crippen LogP contribution is 2.34. The van der Waals surface area contributed by atoms with E-state index in [1.807, 2.05) is 6.92 Å². The number of thiophene rings is 1. The fourth-order valence-electron chi connectivity index (χ4n) is 2.44. The van der Waals surface area contributed by atoms with Crippen LogP contribution in [-0.4, -0.2) is 36.2 Å². The molecule has 0 aliphatic heterocycles. The molecular weight excluding hydrogens is 370 g/mol. The van der Waals surface area contributed by atoms with Gasteiger partial charge in [-0.1, -0.05) is 13.0 Å². The molecule has 1 heterocycles. The van der Waals surface area contributed by atoms with Crippen molar-refractivity contribution >= 4 is 34.2 Å². The minimum atomic E-state index is -0.733. The molecule has 1 amide bonds. The predicted molar refractivity (Wildman–Crippen MR) is 101 cm³/mol. The van der Waals surface area contributed by atoms with Crippen LogP contribution < -0.4 is 5.32 Å². The molecule has 27 heavy (non-hydrogen) atoms. The molecule has 0 atom stereocenters. The second-order valence-corrected chi connectivity index (χ2v) is 6.71. The summed E-state index contributed by atoms with van der Waals surface area (Å²) >= 11 is 1.29. The van der Waals surface area contributed by atoms with Crippen molar-refractivity contribution in [2.24, 2.45) is 0 Å². The Bertz CT molecular complexity index is 858. The van der Waals surface area contributed by atoms with Crippen molar-refractivity contribution in [1.29, 1.82) is 0 Å². The van der Waals surface area contributed by atoms with Crippen molar-refractivity contribution < 1.29 is 29.0 Å². The summed E-state index contributed by atoms with van der Waals surface area (Å²) in [7, 11) is 0. The average Bonchev–Trinajstić information content (AvgIpc) is 2.95. The second-order valence-electron chi connectivity index (χ2n) is 5.60. The first kappa shape index (κ1) is 20.4. The second kappa shape index (κ2) is 9.18. The number of rotatable bonds is 7. The number of benzene rings is 1. The van der Waals surface area contributed by atoms with Crippen molar-refractivity contribution in [2.75, 3.05) is 18.5 Å². The van der Waals surface area contributed by atoms with Crippen LogP contribution in [0, 0.1) is 6.92 Å². The molecule has 2 rings (SSSR count). The molecule has 2 N–H and O–H groups in total. The van der Waals surface area contributed by atoms with Crippen LogP contribution in [0.15, 0.2) is 24.3 Å². The molecule has 1 aromatic heterocycles. The van der Waals surface area contributed by atoms with Gasteiger partial charge in [-0.2, -0.15) is 0 Å². The van der Waals surface area contributed by atoms with Gasteiger partial charge in [0.25, 0.3) is 5.91 Å². The van der Waals surface area contributed by atoms with Crippen LogP contribution in [0.25, 0.3) is 0 Å². The summed E-state index contributed by atoms with van der Waals surface area (Å²) in [5.74, 6) is -1.88. The van der Waals surface area contributed by atoms with E-state index < -0.39 is 24.5 Å². The van der Waals surface area contributed by atoms with Crippen molar-refractivity contribution in [3.8, 4) is 5.75 Å². The number of hydrogen-bond acceptors (Lipinski definition) is 7. The Kier molecular flexibility index (Phi) is 6.95. The van der Waals surface area contributed by atoms with E-state index in [4.69, 9.17) is 9.47 Å². The summed E-state index contributed by atoms with van der Waals surface area (Å²) in [6, 6.07) is 5.63.